The van der Waals surface area contributed by atoms with Crippen molar-refractivity contribution in [3.8, 4) is 11.5 Å². The summed E-state index contributed by atoms with van der Waals surface area (Å²) in [6.07, 6.45) is -65.0. The molecule has 0 spiro atoms. The Labute approximate surface area is 279 Å². The van der Waals surface area contributed by atoms with Crippen LogP contribution < -0.4 is 0 Å². The molecule has 0 fully saturated rings. The van der Waals surface area contributed by atoms with Crippen LogP contribution >= 0.6 is 0 Å². The van der Waals surface area contributed by atoms with E-state index in [0.717, 1.165) is 0 Å². The van der Waals surface area contributed by atoms with Crippen molar-refractivity contribution in [1.29, 1.82) is 0 Å². The van der Waals surface area contributed by atoms with Gasteiger partial charge in [-0.05, 0) is 48.5 Å². The number of benzene rings is 2. The number of aromatic hydroxyl groups is 2. The van der Waals surface area contributed by atoms with Gasteiger partial charge in [-0.25, -0.2) is 9.47 Å². The van der Waals surface area contributed by atoms with Gasteiger partial charge in [0.2, 0.25) is 0 Å². The summed E-state index contributed by atoms with van der Waals surface area (Å²) in [6, 6.07) is -1.02. The number of alkyl halides is 24. The van der Waals surface area contributed by atoms with Crippen molar-refractivity contribution in [2.45, 2.75) is 72.6 Å². The van der Waals surface area contributed by atoms with Crippen LogP contribution in [0.3, 0.4) is 0 Å². The van der Waals surface area contributed by atoms with E-state index in [1.807, 2.05) is 0 Å². The molecule has 2 N–H and O–H groups in total. The third kappa shape index (κ3) is 8.09. The molecule has 2 aromatic rings. The van der Waals surface area contributed by atoms with Crippen LogP contribution in [0.1, 0.15) is 11.1 Å². The second kappa shape index (κ2) is 13.4. The van der Waals surface area contributed by atoms with Crippen LogP contribution in [0.2, 0.25) is 0 Å². The fourth-order valence-electron chi connectivity index (χ4n) is 3.30. The third-order valence-corrected chi connectivity index (χ3v) is 6.06. The normalized spacial score (nSPS) is 17.3. The van der Waals surface area contributed by atoms with E-state index in [0.29, 0.717) is 0 Å². The Morgan fingerprint density at radius 2 is 0.519 bits per heavy atom. The fourth-order valence-corrected chi connectivity index (χ4v) is 3.30. The van der Waals surface area contributed by atoms with Gasteiger partial charge in [-0.1, -0.05) is 0 Å². The number of phenolic OH excluding ortho intramolecular Hbond substituents is 2. The quantitative estimate of drug-likeness (QED) is 0.174. The van der Waals surface area contributed by atoms with Gasteiger partial charge in [0.15, 0.2) is 0 Å². The van der Waals surface area contributed by atoms with E-state index in [1.54, 1.807) is 9.47 Å². The molecule has 0 saturated heterocycles. The molecule has 54 heavy (non-hydrogen) atoms. The Bertz CT molecular complexity index is 1490. The summed E-state index contributed by atoms with van der Waals surface area (Å²) >= 11 is 0. The van der Waals surface area contributed by atoms with Crippen LogP contribution in [0.25, 0.3) is 0 Å². The van der Waals surface area contributed by atoms with Crippen LogP contribution in [0, 0.1) is 0 Å². The highest BCUT2D eigenvalue weighted by Crippen LogP contribution is 2.59. The van der Waals surface area contributed by atoms with Crippen LogP contribution in [0.15, 0.2) is 48.5 Å². The Morgan fingerprint density at radius 1 is 0.296 bits per heavy atom. The molecule has 2 aromatic carbocycles. The van der Waals surface area contributed by atoms with Crippen molar-refractivity contribution in [2.24, 2.45) is 0 Å². The monoisotopic (exact) mass is 850 g/mol. The summed E-state index contributed by atoms with van der Waals surface area (Å²) in [4.78, 5) is 0. The molecular formula is C24H10F24O6. The van der Waals surface area contributed by atoms with Gasteiger partial charge in [0.25, 0.3) is 0 Å². The minimum atomic E-state index is -8.57. The Kier molecular flexibility index (Phi) is 11.5. The average molecular weight is 850 g/mol. The molecule has 0 saturated carbocycles. The first-order valence-corrected chi connectivity index (χ1v) is 12.5. The molecule has 2 rings (SSSR count). The van der Waals surface area contributed by atoms with E-state index >= 15 is 0 Å². The van der Waals surface area contributed by atoms with E-state index in [9.17, 15) is 105 Å². The molecule has 2 atom stereocenters. The standard InChI is InChI=1S/C24H10F24O6/c25-13(26,9-1-5-11(49)6-2-9)19(37,38)53-21(41,42)15(29,17(31,32)33)51-23(45,46)24(47,48)52-16(30,18(34,35)36)22(43,44)54-20(39,40)14(27,28)10-3-7-12(50)8-4-10/h1-8,49-50H. The molecule has 0 heterocycles. The highest BCUT2D eigenvalue weighted by molar-refractivity contribution is 5.30. The average Bonchev–Trinajstić information content (AvgIpc) is 2.94. The summed E-state index contributed by atoms with van der Waals surface area (Å²) in [7, 11) is 0. The summed E-state index contributed by atoms with van der Waals surface area (Å²) in [6.45, 7) is 0. The minimum Gasteiger partial charge on any atom is -0.508 e. The van der Waals surface area contributed by atoms with E-state index in [2.05, 4.69) is 0 Å². The lowest BCUT2D eigenvalue weighted by Crippen LogP contribution is -2.68. The Morgan fingerprint density at radius 3 is 0.722 bits per heavy atom. The molecule has 0 aromatic heterocycles. The molecule has 0 radical (unpaired) electrons. The lowest BCUT2D eigenvalue weighted by Gasteiger charge is -2.41. The van der Waals surface area contributed by atoms with Crippen molar-refractivity contribution >= 4 is 0 Å². The summed E-state index contributed by atoms with van der Waals surface area (Å²) in [5.74, 6) is -32.0. The predicted molar refractivity (Wildman–Crippen MR) is 118 cm³/mol. The van der Waals surface area contributed by atoms with E-state index in [4.69, 9.17) is 10.2 Å². The number of phenols is 2. The highest BCUT2D eigenvalue weighted by Gasteiger charge is 2.86. The lowest BCUT2D eigenvalue weighted by atomic mass is 10.1. The zero-order valence-electron chi connectivity index (χ0n) is 24.2. The lowest BCUT2D eigenvalue weighted by molar-refractivity contribution is -0.590. The maximum atomic E-state index is 14.5. The molecule has 0 aliphatic heterocycles. The van der Waals surface area contributed by atoms with Crippen LogP contribution in [-0.4, -0.2) is 70.9 Å². The largest absolute Gasteiger partial charge is 0.508 e. The Hall–Kier alpha value is -3.80. The molecule has 0 aliphatic carbocycles. The molecule has 2 unspecified atom stereocenters. The zero-order valence-corrected chi connectivity index (χ0v) is 24.2. The topological polar surface area (TPSA) is 77.4 Å². The number of hydrogen-bond acceptors (Lipinski definition) is 6. The molecular weight excluding hydrogens is 840 g/mol. The van der Waals surface area contributed by atoms with Gasteiger partial charge >= 0.3 is 72.6 Å². The van der Waals surface area contributed by atoms with Gasteiger partial charge in [0.05, 0.1) is 0 Å². The number of ether oxygens (including phenoxy) is 4. The number of rotatable bonds is 15. The van der Waals surface area contributed by atoms with E-state index < -0.39 is 95.2 Å². The maximum absolute atomic E-state index is 14.5. The summed E-state index contributed by atoms with van der Waals surface area (Å²) < 4.78 is 340. The number of hydrogen-bond donors (Lipinski definition) is 2. The summed E-state index contributed by atoms with van der Waals surface area (Å²) in [5.41, 5.74) is -4.66. The fraction of sp³-hybridized carbons (Fsp3) is 0.500. The Balaban J connectivity index is 2.61. The molecule has 6 nitrogen and oxygen atoms in total. The van der Waals surface area contributed by atoms with Gasteiger partial charge in [-0.2, -0.15) is 105 Å². The SMILES string of the molecule is Oc1ccc(C(F)(F)C(F)(F)OC(F)(F)C(F)(OC(F)(F)C(F)(F)OC(F)(C(F)(F)F)C(F)(F)OC(F)(F)C(F)(F)c2ccc(O)cc2)C(F)(F)F)cc1. The summed E-state index contributed by atoms with van der Waals surface area (Å²) in [5, 5.41) is 17.9. The first-order valence-electron chi connectivity index (χ1n) is 12.5. The van der Waals surface area contributed by atoms with Crippen molar-refractivity contribution < 1.29 is 135 Å². The molecule has 0 aliphatic rings. The van der Waals surface area contributed by atoms with Crippen LogP contribution in [-0.2, 0) is 30.8 Å². The number of halogens is 24. The van der Waals surface area contributed by atoms with Crippen LogP contribution in [0.4, 0.5) is 105 Å². The molecule has 310 valence electrons. The van der Waals surface area contributed by atoms with Gasteiger partial charge in [0, 0.05) is 11.1 Å². The van der Waals surface area contributed by atoms with E-state index in [-0.39, 0.29) is 48.5 Å². The first kappa shape index (κ1) is 46.4. The van der Waals surface area contributed by atoms with Crippen LogP contribution in [0.5, 0.6) is 11.5 Å². The van der Waals surface area contributed by atoms with Gasteiger partial charge in [-0.15, -0.1) is 0 Å². The molecule has 0 bridgehead atoms. The predicted octanol–water partition coefficient (Wildman–Crippen LogP) is 10.1. The van der Waals surface area contributed by atoms with Crippen molar-refractivity contribution in [1.82, 2.24) is 0 Å². The second-order valence-corrected chi connectivity index (χ2v) is 9.94. The third-order valence-electron chi connectivity index (χ3n) is 6.06. The van der Waals surface area contributed by atoms with Crippen molar-refractivity contribution in [3.63, 3.8) is 0 Å². The van der Waals surface area contributed by atoms with Crippen molar-refractivity contribution in [2.75, 3.05) is 0 Å². The van der Waals surface area contributed by atoms with Gasteiger partial charge in [0.1, 0.15) is 11.5 Å². The van der Waals surface area contributed by atoms with Crippen molar-refractivity contribution in [3.05, 3.63) is 59.7 Å². The van der Waals surface area contributed by atoms with Gasteiger partial charge in [-0.3, -0.25) is 9.47 Å². The zero-order chi connectivity index (χ0) is 42.8. The molecule has 0 amide bonds. The van der Waals surface area contributed by atoms with Gasteiger partial charge < -0.3 is 10.2 Å². The smallest absolute Gasteiger partial charge is 0.458 e. The second-order valence-electron chi connectivity index (χ2n) is 9.94. The van der Waals surface area contributed by atoms with E-state index in [1.165, 1.54) is 9.47 Å². The first-order chi connectivity index (χ1) is 23.6. The maximum Gasteiger partial charge on any atom is 0.458 e. The molecule has 30 heteroatoms. The minimum absolute atomic E-state index is 0.0567. The highest BCUT2D eigenvalue weighted by atomic mass is 19.4.